The van der Waals surface area contributed by atoms with Crippen LogP contribution >= 0.6 is 0 Å². The zero-order chi connectivity index (χ0) is 7.56. The van der Waals surface area contributed by atoms with Gasteiger partial charge in [0.1, 0.15) is 0 Å². The van der Waals surface area contributed by atoms with Crippen LogP contribution in [0.15, 0.2) is 17.3 Å². The molecule has 1 aliphatic rings. The molecule has 1 rings (SSSR count). The highest BCUT2D eigenvalue weighted by Gasteiger charge is 2.10. The molecular formula is C9H15N. The second-order valence-corrected chi connectivity index (χ2v) is 3.30. The molecule has 0 aromatic carbocycles. The van der Waals surface area contributed by atoms with Crippen molar-refractivity contribution in [2.24, 2.45) is 16.8 Å². The number of allylic oxidation sites excluding steroid dienone is 1. The average Bonchev–Trinajstić information content (AvgIpc) is 1.88. The minimum absolute atomic E-state index is 0.618. The maximum atomic E-state index is 4.32. The molecule has 1 aliphatic heterocycles. The van der Waals surface area contributed by atoms with Crippen LogP contribution < -0.4 is 0 Å². The third kappa shape index (κ3) is 1.69. The lowest BCUT2D eigenvalue weighted by molar-refractivity contribution is 0.713. The van der Waals surface area contributed by atoms with Crippen molar-refractivity contribution in [1.29, 1.82) is 0 Å². The molecule has 1 heterocycles. The van der Waals surface area contributed by atoms with Crippen molar-refractivity contribution in [3.8, 4) is 0 Å². The minimum Gasteiger partial charge on any atom is -0.266 e. The Morgan fingerprint density at radius 2 is 2.30 bits per heavy atom. The summed E-state index contributed by atoms with van der Waals surface area (Å²) in [4.78, 5) is 4.32. The van der Waals surface area contributed by atoms with E-state index < -0.39 is 0 Å². The van der Waals surface area contributed by atoms with Crippen LogP contribution in [0.5, 0.6) is 0 Å². The highest BCUT2D eigenvalue weighted by molar-refractivity contribution is 5.87. The number of hydrogen-bond donors (Lipinski definition) is 0. The molecule has 1 atom stereocenters. The van der Waals surface area contributed by atoms with E-state index in [-0.39, 0.29) is 0 Å². The Labute approximate surface area is 62.9 Å². The minimum atomic E-state index is 0.618. The number of nitrogens with zero attached hydrogens (tertiary/aromatic N) is 1. The molecule has 1 nitrogen and oxygen atoms in total. The molecule has 0 saturated carbocycles. The van der Waals surface area contributed by atoms with E-state index >= 15 is 0 Å². The van der Waals surface area contributed by atoms with Crippen LogP contribution in [0.4, 0.5) is 0 Å². The first-order valence-electron chi connectivity index (χ1n) is 3.93. The lowest BCUT2D eigenvalue weighted by Gasteiger charge is -2.15. The van der Waals surface area contributed by atoms with Gasteiger partial charge in [-0.2, -0.15) is 0 Å². The number of aliphatic imine (C=N–C) groups is 1. The zero-order valence-corrected chi connectivity index (χ0v) is 6.96. The van der Waals surface area contributed by atoms with Gasteiger partial charge in [0.2, 0.25) is 0 Å². The Hall–Kier alpha value is -0.590. The molecule has 10 heavy (non-hydrogen) atoms. The van der Waals surface area contributed by atoms with Crippen LogP contribution in [0.1, 0.15) is 27.2 Å². The summed E-state index contributed by atoms with van der Waals surface area (Å²) in [7, 11) is 0. The monoisotopic (exact) mass is 137 g/mol. The molecule has 0 bridgehead atoms. The van der Waals surface area contributed by atoms with Gasteiger partial charge in [-0.05, 0) is 18.3 Å². The Morgan fingerprint density at radius 3 is 2.70 bits per heavy atom. The zero-order valence-electron chi connectivity index (χ0n) is 6.96. The molecule has 1 heteroatoms. The van der Waals surface area contributed by atoms with Crippen molar-refractivity contribution in [3.05, 3.63) is 12.3 Å². The molecule has 56 valence electrons. The predicted octanol–water partition coefficient (Wildman–Crippen LogP) is 2.64. The van der Waals surface area contributed by atoms with Crippen molar-refractivity contribution >= 4 is 5.71 Å². The van der Waals surface area contributed by atoms with Crippen LogP contribution in [0.25, 0.3) is 0 Å². The average molecular weight is 137 g/mol. The molecule has 0 spiro atoms. The van der Waals surface area contributed by atoms with E-state index in [1.54, 1.807) is 0 Å². The van der Waals surface area contributed by atoms with Gasteiger partial charge in [-0.25, -0.2) is 0 Å². The Kier molecular flexibility index (Phi) is 2.25. The fourth-order valence-electron chi connectivity index (χ4n) is 1.12. The summed E-state index contributed by atoms with van der Waals surface area (Å²) in [5, 5.41) is 0. The van der Waals surface area contributed by atoms with Crippen molar-refractivity contribution in [1.82, 2.24) is 0 Å². The van der Waals surface area contributed by atoms with Gasteiger partial charge in [-0.15, -0.1) is 0 Å². The second-order valence-electron chi connectivity index (χ2n) is 3.30. The van der Waals surface area contributed by atoms with Crippen LogP contribution in [0, 0.1) is 11.8 Å². The van der Waals surface area contributed by atoms with E-state index in [9.17, 15) is 0 Å². The van der Waals surface area contributed by atoms with Crippen LogP contribution in [-0.2, 0) is 0 Å². The molecule has 0 radical (unpaired) electrons. The number of hydrogen-bond acceptors (Lipinski definition) is 1. The van der Waals surface area contributed by atoms with Gasteiger partial charge < -0.3 is 0 Å². The van der Waals surface area contributed by atoms with E-state index in [0.717, 1.165) is 6.42 Å². The standard InChI is InChI=1S/C9H15N/c1-7(2)9-6-8(3)4-5-10-9/h4-5,7-8H,6H2,1-3H3. The van der Waals surface area contributed by atoms with Gasteiger partial charge in [0.15, 0.2) is 0 Å². The highest BCUT2D eigenvalue weighted by atomic mass is 14.7. The molecule has 0 aliphatic carbocycles. The van der Waals surface area contributed by atoms with Crippen molar-refractivity contribution in [3.63, 3.8) is 0 Å². The largest absolute Gasteiger partial charge is 0.266 e. The van der Waals surface area contributed by atoms with Gasteiger partial charge in [-0.3, -0.25) is 4.99 Å². The molecule has 0 saturated heterocycles. The van der Waals surface area contributed by atoms with Gasteiger partial charge in [0.25, 0.3) is 0 Å². The number of rotatable bonds is 1. The first kappa shape index (κ1) is 7.52. The molecule has 0 aromatic heterocycles. The van der Waals surface area contributed by atoms with E-state index in [2.05, 4.69) is 31.8 Å². The van der Waals surface area contributed by atoms with Crippen LogP contribution in [0.3, 0.4) is 0 Å². The van der Waals surface area contributed by atoms with Crippen molar-refractivity contribution < 1.29 is 0 Å². The summed E-state index contributed by atoms with van der Waals surface area (Å²) >= 11 is 0. The third-order valence-corrected chi connectivity index (χ3v) is 1.85. The molecule has 0 N–H and O–H groups in total. The van der Waals surface area contributed by atoms with Gasteiger partial charge in [0, 0.05) is 11.9 Å². The lowest BCUT2D eigenvalue weighted by atomic mass is 9.95. The molecule has 0 fully saturated rings. The van der Waals surface area contributed by atoms with E-state index in [1.165, 1.54) is 5.71 Å². The van der Waals surface area contributed by atoms with Gasteiger partial charge >= 0.3 is 0 Å². The first-order chi connectivity index (χ1) is 4.70. The van der Waals surface area contributed by atoms with Gasteiger partial charge in [0.05, 0.1) is 0 Å². The van der Waals surface area contributed by atoms with Crippen molar-refractivity contribution in [2.45, 2.75) is 27.2 Å². The molecular weight excluding hydrogens is 122 g/mol. The van der Waals surface area contributed by atoms with Gasteiger partial charge in [-0.1, -0.05) is 26.8 Å². The summed E-state index contributed by atoms with van der Waals surface area (Å²) in [6.45, 7) is 6.63. The van der Waals surface area contributed by atoms with Crippen LogP contribution in [-0.4, -0.2) is 5.71 Å². The molecule has 0 amide bonds. The first-order valence-corrected chi connectivity index (χ1v) is 3.93. The predicted molar refractivity (Wildman–Crippen MR) is 45.2 cm³/mol. The second kappa shape index (κ2) is 3.00. The van der Waals surface area contributed by atoms with E-state index in [4.69, 9.17) is 0 Å². The Balaban J connectivity index is 2.61. The molecule has 0 aromatic rings. The fraction of sp³-hybridized carbons (Fsp3) is 0.667. The Morgan fingerprint density at radius 1 is 1.60 bits per heavy atom. The maximum Gasteiger partial charge on any atom is 0.0230 e. The summed E-state index contributed by atoms with van der Waals surface area (Å²) < 4.78 is 0. The van der Waals surface area contributed by atoms with E-state index in [1.807, 2.05) is 6.20 Å². The Bertz CT molecular complexity index is 166. The lowest BCUT2D eigenvalue weighted by Crippen LogP contribution is -2.13. The normalized spacial score (nSPS) is 25.2. The summed E-state index contributed by atoms with van der Waals surface area (Å²) in [6, 6.07) is 0. The van der Waals surface area contributed by atoms with E-state index in [0.29, 0.717) is 11.8 Å². The maximum absolute atomic E-state index is 4.32. The van der Waals surface area contributed by atoms with Crippen LogP contribution in [0.2, 0.25) is 0 Å². The quantitative estimate of drug-likeness (QED) is 0.527. The third-order valence-electron chi connectivity index (χ3n) is 1.85. The summed E-state index contributed by atoms with van der Waals surface area (Å²) in [5.41, 5.74) is 1.34. The fourth-order valence-corrected chi connectivity index (χ4v) is 1.12. The SMILES string of the molecule is CC1C=CN=C(C(C)C)C1. The highest BCUT2D eigenvalue weighted by Crippen LogP contribution is 2.15. The summed E-state index contributed by atoms with van der Waals surface area (Å²) in [6.07, 6.45) is 5.24. The van der Waals surface area contributed by atoms with Crippen molar-refractivity contribution in [2.75, 3.05) is 0 Å². The summed E-state index contributed by atoms with van der Waals surface area (Å²) in [5.74, 6) is 1.31. The molecule has 1 unspecified atom stereocenters. The smallest absolute Gasteiger partial charge is 0.0230 e. The topological polar surface area (TPSA) is 12.4 Å².